The van der Waals surface area contributed by atoms with E-state index in [1.165, 1.54) is 12.8 Å². The molecule has 0 aromatic carbocycles. The highest BCUT2D eigenvalue weighted by molar-refractivity contribution is 5.86. The average Bonchev–Trinajstić information content (AvgIpc) is 2.63. The van der Waals surface area contributed by atoms with Crippen LogP contribution in [0.15, 0.2) is 24.4 Å². The van der Waals surface area contributed by atoms with Crippen LogP contribution < -0.4 is 10.6 Å². The molecular weight excluding hydrogens is 407 g/mol. The summed E-state index contributed by atoms with van der Waals surface area (Å²) in [6.07, 6.45) is 8.13. The minimum absolute atomic E-state index is 0. The van der Waals surface area contributed by atoms with Crippen LogP contribution in [0.5, 0.6) is 0 Å². The molecule has 27 heavy (non-hydrogen) atoms. The van der Waals surface area contributed by atoms with E-state index in [9.17, 15) is 4.79 Å². The molecule has 2 aliphatic heterocycles. The second kappa shape index (κ2) is 14.4. The Balaban J connectivity index is 0.00000225. The van der Waals surface area contributed by atoms with Crippen LogP contribution in [0.1, 0.15) is 44.2 Å². The highest BCUT2D eigenvalue weighted by Gasteiger charge is 2.21. The van der Waals surface area contributed by atoms with E-state index in [1.54, 1.807) is 0 Å². The van der Waals surface area contributed by atoms with Gasteiger partial charge in [0.2, 0.25) is 5.91 Å². The number of carbonyl (C=O) groups excluding carboxylic acids is 1. The summed E-state index contributed by atoms with van der Waals surface area (Å²) < 4.78 is 0. The van der Waals surface area contributed by atoms with Gasteiger partial charge in [0, 0.05) is 38.3 Å². The summed E-state index contributed by atoms with van der Waals surface area (Å²) in [5.41, 5.74) is 1.13. The highest BCUT2D eigenvalue weighted by Crippen LogP contribution is 2.18. The van der Waals surface area contributed by atoms with E-state index in [2.05, 4.69) is 26.6 Å². The lowest BCUT2D eigenvalue weighted by Crippen LogP contribution is -2.44. The molecule has 5 nitrogen and oxygen atoms in total. The van der Waals surface area contributed by atoms with Crippen molar-refractivity contribution in [2.75, 3.05) is 26.2 Å². The number of halogens is 3. The lowest BCUT2D eigenvalue weighted by atomic mass is 9.93. The minimum Gasteiger partial charge on any atom is -0.353 e. The van der Waals surface area contributed by atoms with Gasteiger partial charge in [0.05, 0.1) is 5.69 Å². The number of aromatic nitrogens is 1. The molecule has 2 aliphatic rings. The number of nitrogens with zero attached hydrogens (tertiary/aromatic N) is 2. The van der Waals surface area contributed by atoms with Gasteiger partial charge in [-0.05, 0) is 63.2 Å². The predicted octanol–water partition coefficient (Wildman–Crippen LogP) is 3.21. The molecule has 0 aliphatic carbocycles. The number of piperidine rings is 2. The van der Waals surface area contributed by atoms with E-state index in [-0.39, 0.29) is 43.1 Å². The number of amides is 1. The Morgan fingerprint density at radius 3 is 2.44 bits per heavy atom. The second-order valence-corrected chi connectivity index (χ2v) is 7.17. The molecule has 1 aromatic rings. The molecule has 0 bridgehead atoms. The molecular formula is C19H33Cl3N4O. The minimum atomic E-state index is 0. The lowest BCUT2D eigenvalue weighted by Gasteiger charge is -2.32. The van der Waals surface area contributed by atoms with Gasteiger partial charge in [-0.3, -0.25) is 14.7 Å². The quantitative estimate of drug-likeness (QED) is 0.714. The first kappa shape index (κ1) is 26.4. The lowest BCUT2D eigenvalue weighted by molar-refractivity contribution is -0.122. The van der Waals surface area contributed by atoms with Gasteiger partial charge in [-0.25, -0.2) is 0 Å². The predicted molar refractivity (Wildman–Crippen MR) is 117 cm³/mol. The van der Waals surface area contributed by atoms with Gasteiger partial charge in [-0.2, -0.15) is 0 Å². The molecule has 0 unspecified atom stereocenters. The molecule has 8 heteroatoms. The zero-order valence-electron chi connectivity index (χ0n) is 15.8. The monoisotopic (exact) mass is 438 g/mol. The van der Waals surface area contributed by atoms with Crippen molar-refractivity contribution in [2.45, 2.75) is 51.1 Å². The Morgan fingerprint density at radius 2 is 1.81 bits per heavy atom. The molecule has 1 aromatic heterocycles. The first-order valence-electron chi connectivity index (χ1n) is 9.42. The Morgan fingerprint density at radius 1 is 1.11 bits per heavy atom. The molecule has 0 atom stereocenters. The molecule has 2 N–H and O–H groups in total. The SMILES string of the molecule is Cl.Cl.Cl.O=C(CCC1CCNCC1)NC1CCN(Cc2ccccn2)CC1. The summed E-state index contributed by atoms with van der Waals surface area (Å²) in [6, 6.07) is 6.42. The standard InChI is InChI=1S/C19H30N4O.3ClH/c24-19(5-4-16-6-11-20-12-7-16)22-17-8-13-23(14-9-17)15-18-3-1-2-10-21-18;;;/h1-3,10,16-17,20H,4-9,11-15H2,(H,22,24);3*1H. The molecule has 0 radical (unpaired) electrons. The van der Waals surface area contributed by atoms with Crippen LogP contribution in [0.25, 0.3) is 0 Å². The summed E-state index contributed by atoms with van der Waals surface area (Å²) in [5, 5.41) is 6.63. The van der Waals surface area contributed by atoms with Crippen molar-refractivity contribution in [3.8, 4) is 0 Å². The van der Waals surface area contributed by atoms with Crippen molar-refractivity contribution >= 4 is 43.1 Å². The number of rotatable bonds is 6. The van der Waals surface area contributed by atoms with Crippen LogP contribution in [-0.4, -0.2) is 48.0 Å². The zero-order valence-corrected chi connectivity index (χ0v) is 18.2. The fraction of sp³-hybridized carbons (Fsp3) is 0.684. The molecule has 3 heterocycles. The summed E-state index contributed by atoms with van der Waals surface area (Å²) in [4.78, 5) is 19.0. The van der Waals surface area contributed by atoms with Gasteiger partial charge < -0.3 is 10.6 Å². The maximum atomic E-state index is 12.2. The number of carbonyl (C=O) groups is 1. The van der Waals surface area contributed by atoms with Crippen LogP contribution >= 0.6 is 37.2 Å². The first-order valence-corrected chi connectivity index (χ1v) is 9.42. The van der Waals surface area contributed by atoms with Crippen molar-refractivity contribution in [2.24, 2.45) is 5.92 Å². The molecule has 0 saturated carbocycles. The van der Waals surface area contributed by atoms with Crippen LogP contribution in [0.4, 0.5) is 0 Å². The van der Waals surface area contributed by atoms with E-state index >= 15 is 0 Å². The maximum Gasteiger partial charge on any atom is 0.220 e. The van der Waals surface area contributed by atoms with Crippen LogP contribution in [-0.2, 0) is 11.3 Å². The van der Waals surface area contributed by atoms with Gasteiger partial charge in [-0.15, -0.1) is 37.2 Å². The van der Waals surface area contributed by atoms with Crippen molar-refractivity contribution in [1.82, 2.24) is 20.5 Å². The van der Waals surface area contributed by atoms with Gasteiger partial charge in [0.25, 0.3) is 0 Å². The molecule has 3 rings (SSSR count). The Bertz CT molecular complexity index is 507. The second-order valence-electron chi connectivity index (χ2n) is 7.17. The van der Waals surface area contributed by atoms with E-state index < -0.39 is 0 Å². The first-order chi connectivity index (χ1) is 11.8. The van der Waals surface area contributed by atoms with Crippen LogP contribution in [0.2, 0.25) is 0 Å². The van der Waals surface area contributed by atoms with E-state index in [4.69, 9.17) is 0 Å². The third-order valence-corrected chi connectivity index (χ3v) is 5.30. The van der Waals surface area contributed by atoms with Crippen molar-refractivity contribution in [3.05, 3.63) is 30.1 Å². The van der Waals surface area contributed by atoms with Crippen molar-refractivity contribution in [3.63, 3.8) is 0 Å². The normalized spacial score (nSPS) is 18.5. The Hall–Kier alpha value is -0.590. The molecule has 156 valence electrons. The number of pyridine rings is 1. The number of nitrogens with one attached hydrogen (secondary N) is 2. The van der Waals surface area contributed by atoms with Crippen molar-refractivity contribution in [1.29, 1.82) is 0 Å². The summed E-state index contributed by atoms with van der Waals surface area (Å²) in [6.45, 7) is 5.21. The van der Waals surface area contributed by atoms with Crippen LogP contribution in [0, 0.1) is 5.92 Å². The Kier molecular flexibility index (Phi) is 14.1. The largest absolute Gasteiger partial charge is 0.353 e. The number of hydrogen-bond acceptors (Lipinski definition) is 4. The number of hydrogen-bond donors (Lipinski definition) is 2. The molecule has 0 spiro atoms. The third-order valence-electron chi connectivity index (χ3n) is 5.30. The summed E-state index contributed by atoms with van der Waals surface area (Å²) >= 11 is 0. The molecule has 2 saturated heterocycles. The van der Waals surface area contributed by atoms with E-state index in [0.717, 1.165) is 63.6 Å². The number of likely N-dealkylation sites (tertiary alicyclic amines) is 1. The molecule has 2 fully saturated rings. The summed E-state index contributed by atoms with van der Waals surface area (Å²) in [5.74, 6) is 0.980. The third kappa shape index (κ3) is 9.44. The van der Waals surface area contributed by atoms with Gasteiger partial charge in [-0.1, -0.05) is 6.07 Å². The average molecular weight is 440 g/mol. The highest BCUT2D eigenvalue weighted by atomic mass is 35.5. The topological polar surface area (TPSA) is 57.3 Å². The van der Waals surface area contributed by atoms with Gasteiger partial charge in [0.15, 0.2) is 0 Å². The smallest absolute Gasteiger partial charge is 0.220 e. The Labute approximate surface area is 181 Å². The fourth-order valence-corrected chi connectivity index (χ4v) is 3.76. The fourth-order valence-electron chi connectivity index (χ4n) is 3.76. The molecule has 1 amide bonds. The van der Waals surface area contributed by atoms with Crippen LogP contribution in [0.3, 0.4) is 0 Å². The zero-order chi connectivity index (χ0) is 16.6. The van der Waals surface area contributed by atoms with Gasteiger partial charge in [0.1, 0.15) is 0 Å². The maximum absolute atomic E-state index is 12.2. The van der Waals surface area contributed by atoms with E-state index in [0.29, 0.717) is 12.5 Å². The van der Waals surface area contributed by atoms with Gasteiger partial charge >= 0.3 is 0 Å². The van der Waals surface area contributed by atoms with E-state index in [1.807, 2.05) is 18.3 Å². The van der Waals surface area contributed by atoms with Crippen molar-refractivity contribution < 1.29 is 4.79 Å². The summed E-state index contributed by atoms with van der Waals surface area (Å²) in [7, 11) is 0.